The molecule has 0 heterocycles. The first-order valence-corrected chi connectivity index (χ1v) is 6.19. The van der Waals surface area contributed by atoms with Crippen LogP contribution in [0.25, 0.3) is 5.53 Å². The molecule has 0 amide bonds. The molecule has 7 nitrogen and oxygen atoms in total. The van der Waals surface area contributed by atoms with E-state index in [1.807, 2.05) is 0 Å². The lowest BCUT2D eigenvalue weighted by atomic mass is 10.00. The fraction of sp³-hybridized carbons (Fsp3) is 0.357. The molecule has 0 aliphatic heterocycles. The second-order valence-electron chi connectivity index (χ2n) is 3.89. The average molecular weight is 292 g/mol. The highest BCUT2D eigenvalue weighted by molar-refractivity contribution is 6.65. The summed E-state index contributed by atoms with van der Waals surface area (Å²) in [4.78, 5) is 26.7. The van der Waals surface area contributed by atoms with Crippen LogP contribution in [0.3, 0.4) is 0 Å². The number of Topliss-reactive ketones (excluding diaryl/α,β-unsaturated/α-hetero) is 1. The Labute approximate surface area is 122 Å². The number of methoxy groups -OCH3 is 2. The second-order valence-corrected chi connectivity index (χ2v) is 3.89. The van der Waals surface area contributed by atoms with Crippen LogP contribution in [0.15, 0.2) is 24.3 Å². The van der Waals surface area contributed by atoms with Gasteiger partial charge in [0.25, 0.3) is 5.78 Å². The first-order chi connectivity index (χ1) is 10.1. The molecular weight excluding hydrogens is 276 g/mol. The van der Waals surface area contributed by atoms with Crippen molar-refractivity contribution in [2.24, 2.45) is 0 Å². The number of benzene rings is 1. The van der Waals surface area contributed by atoms with Gasteiger partial charge in [0, 0.05) is 25.3 Å². The molecule has 1 aromatic carbocycles. The van der Waals surface area contributed by atoms with Crippen LogP contribution in [0.2, 0.25) is 0 Å². The molecule has 112 valence electrons. The van der Waals surface area contributed by atoms with E-state index in [2.05, 4.69) is 9.53 Å². The normalized spacial score (nSPS) is 10.1. The summed E-state index contributed by atoms with van der Waals surface area (Å²) in [5.74, 6) is -1.77. The highest BCUT2D eigenvalue weighted by Crippen LogP contribution is 2.22. The van der Waals surface area contributed by atoms with Gasteiger partial charge in [-0.15, -0.1) is 0 Å². The smallest absolute Gasteiger partial charge is 0.446 e. The maximum Gasteiger partial charge on any atom is 0.446 e. The van der Waals surface area contributed by atoms with Crippen molar-refractivity contribution in [2.45, 2.75) is 13.2 Å². The number of carbonyl (C=O) groups excluding carboxylic acids is 2. The van der Waals surface area contributed by atoms with E-state index in [4.69, 9.17) is 15.0 Å². The number of nitrogens with zero attached hydrogens (tertiary/aromatic N) is 2. The van der Waals surface area contributed by atoms with Crippen molar-refractivity contribution in [3.8, 4) is 0 Å². The molecule has 1 rings (SSSR count). The SMILES string of the molecule is CCOC(=O)C(=[N+]=[N-])C(=O)c1ccccc1C(OC)OC. The van der Waals surface area contributed by atoms with Crippen LogP contribution >= 0.6 is 0 Å². The van der Waals surface area contributed by atoms with E-state index in [9.17, 15) is 9.59 Å². The Kier molecular flexibility index (Phi) is 6.42. The summed E-state index contributed by atoms with van der Waals surface area (Å²) >= 11 is 0. The third-order valence-electron chi connectivity index (χ3n) is 2.67. The van der Waals surface area contributed by atoms with Gasteiger partial charge in [-0.3, -0.25) is 4.79 Å². The number of ketones is 1. The van der Waals surface area contributed by atoms with Gasteiger partial charge in [0.15, 0.2) is 6.29 Å². The van der Waals surface area contributed by atoms with Gasteiger partial charge in [0.1, 0.15) is 0 Å². The zero-order valence-corrected chi connectivity index (χ0v) is 12.0. The topological polar surface area (TPSA) is 98.2 Å². The zero-order chi connectivity index (χ0) is 15.8. The Bertz CT molecular complexity index is 574. The van der Waals surface area contributed by atoms with Crippen LogP contribution in [0, 0.1) is 0 Å². The van der Waals surface area contributed by atoms with E-state index in [-0.39, 0.29) is 12.2 Å². The third-order valence-corrected chi connectivity index (χ3v) is 2.67. The van der Waals surface area contributed by atoms with Gasteiger partial charge in [-0.05, 0) is 6.92 Å². The number of hydrogen-bond acceptors (Lipinski definition) is 5. The van der Waals surface area contributed by atoms with Gasteiger partial charge in [0.05, 0.1) is 6.61 Å². The summed E-state index contributed by atoms with van der Waals surface area (Å²) in [5, 5.41) is 0. The van der Waals surface area contributed by atoms with Gasteiger partial charge in [-0.2, -0.15) is 4.79 Å². The van der Waals surface area contributed by atoms with Crippen LogP contribution in [0.5, 0.6) is 0 Å². The fourth-order valence-electron chi connectivity index (χ4n) is 1.77. The third kappa shape index (κ3) is 3.82. The molecule has 0 radical (unpaired) electrons. The Hall–Kier alpha value is -2.34. The minimum absolute atomic E-state index is 0.0611. The van der Waals surface area contributed by atoms with E-state index in [0.717, 1.165) is 0 Å². The monoisotopic (exact) mass is 292 g/mol. The number of ether oxygens (including phenoxy) is 3. The van der Waals surface area contributed by atoms with Crippen molar-refractivity contribution in [1.82, 2.24) is 0 Å². The minimum Gasteiger partial charge on any atom is -0.457 e. The zero-order valence-electron chi connectivity index (χ0n) is 12.0. The van der Waals surface area contributed by atoms with Crippen LogP contribution < -0.4 is 0 Å². The number of rotatable bonds is 7. The largest absolute Gasteiger partial charge is 0.457 e. The molecule has 0 saturated heterocycles. The molecule has 0 fully saturated rings. The Balaban J connectivity index is 3.24. The van der Waals surface area contributed by atoms with E-state index in [1.165, 1.54) is 20.3 Å². The second kappa shape index (κ2) is 8.06. The van der Waals surface area contributed by atoms with Crippen LogP contribution in [-0.2, 0) is 19.0 Å². The van der Waals surface area contributed by atoms with Gasteiger partial charge < -0.3 is 19.7 Å². The molecule has 0 aliphatic carbocycles. The highest BCUT2D eigenvalue weighted by atomic mass is 16.7. The van der Waals surface area contributed by atoms with Crippen LogP contribution in [-0.4, -0.2) is 43.1 Å². The molecule has 0 saturated carbocycles. The van der Waals surface area contributed by atoms with Gasteiger partial charge >= 0.3 is 11.7 Å². The van der Waals surface area contributed by atoms with Crippen LogP contribution in [0.1, 0.15) is 29.1 Å². The molecule has 0 aromatic heterocycles. The summed E-state index contributed by atoms with van der Waals surface area (Å²) < 4.78 is 14.9. The molecule has 0 spiro atoms. The van der Waals surface area contributed by atoms with Crippen molar-refractivity contribution in [1.29, 1.82) is 0 Å². The molecule has 0 N–H and O–H groups in total. The maximum atomic E-state index is 12.3. The first-order valence-electron chi connectivity index (χ1n) is 6.19. The lowest BCUT2D eigenvalue weighted by molar-refractivity contribution is -0.139. The van der Waals surface area contributed by atoms with Gasteiger partial charge in [0.2, 0.25) is 0 Å². The fourth-order valence-corrected chi connectivity index (χ4v) is 1.77. The number of esters is 1. The van der Waals surface area contributed by atoms with Crippen molar-refractivity contribution in [3.63, 3.8) is 0 Å². The van der Waals surface area contributed by atoms with Crippen molar-refractivity contribution >= 4 is 17.5 Å². The first kappa shape index (κ1) is 16.7. The van der Waals surface area contributed by atoms with Crippen molar-refractivity contribution in [3.05, 3.63) is 40.9 Å². The van der Waals surface area contributed by atoms with Gasteiger partial charge in [-0.1, -0.05) is 24.3 Å². The Morgan fingerprint density at radius 2 is 1.86 bits per heavy atom. The lowest BCUT2D eigenvalue weighted by Gasteiger charge is -2.15. The summed E-state index contributed by atoms with van der Waals surface area (Å²) in [6.07, 6.45) is -0.785. The lowest BCUT2D eigenvalue weighted by Crippen LogP contribution is -2.28. The molecule has 21 heavy (non-hydrogen) atoms. The van der Waals surface area contributed by atoms with Crippen LogP contribution in [0.4, 0.5) is 0 Å². The molecule has 7 heteroatoms. The van der Waals surface area contributed by atoms with E-state index in [0.29, 0.717) is 5.56 Å². The average Bonchev–Trinajstić information content (AvgIpc) is 2.50. The Morgan fingerprint density at radius 3 is 2.38 bits per heavy atom. The molecule has 0 bridgehead atoms. The molecule has 0 unspecified atom stereocenters. The van der Waals surface area contributed by atoms with E-state index < -0.39 is 23.8 Å². The summed E-state index contributed by atoms with van der Waals surface area (Å²) in [6, 6.07) is 6.40. The minimum atomic E-state index is -0.994. The predicted molar refractivity (Wildman–Crippen MR) is 72.8 cm³/mol. The maximum absolute atomic E-state index is 12.3. The van der Waals surface area contributed by atoms with Gasteiger partial charge in [-0.25, -0.2) is 4.79 Å². The number of hydrogen-bond donors (Lipinski definition) is 0. The van der Waals surface area contributed by atoms with E-state index in [1.54, 1.807) is 25.1 Å². The van der Waals surface area contributed by atoms with E-state index >= 15 is 0 Å². The molecular formula is C14H16N2O5. The molecule has 1 aromatic rings. The highest BCUT2D eigenvalue weighted by Gasteiger charge is 2.34. The summed E-state index contributed by atoms with van der Waals surface area (Å²) in [7, 11) is 2.84. The number of carbonyl (C=O) groups is 2. The summed E-state index contributed by atoms with van der Waals surface area (Å²) in [5.41, 5.74) is 8.75. The Morgan fingerprint density at radius 1 is 1.24 bits per heavy atom. The quantitative estimate of drug-likeness (QED) is 0.144. The summed E-state index contributed by atoms with van der Waals surface area (Å²) in [6.45, 7) is 1.64. The van der Waals surface area contributed by atoms with Crippen molar-refractivity contribution < 1.29 is 28.6 Å². The molecule has 0 aliphatic rings. The van der Waals surface area contributed by atoms with Crippen molar-refractivity contribution in [2.75, 3.05) is 20.8 Å². The standard InChI is InChI=1S/C14H16N2O5/c1-4-21-13(18)11(16-15)12(17)9-7-5-6-8-10(9)14(19-2)20-3/h5-8,14H,4H2,1-3H3. The predicted octanol–water partition coefficient (Wildman–Crippen LogP) is 1.39. The molecule has 0 atom stereocenters.